The molecule has 1 aromatic rings. The van der Waals surface area contributed by atoms with E-state index in [4.69, 9.17) is 14.2 Å². The first-order valence-electron chi connectivity index (χ1n) is 7.46. The van der Waals surface area contributed by atoms with E-state index in [1.807, 2.05) is 4.90 Å². The van der Waals surface area contributed by atoms with Gasteiger partial charge < -0.3 is 24.0 Å². The third-order valence-electron chi connectivity index (χ3n) is 4.04. The Balaban J connectivity index is 2.25. The average Bonchev–Trinajstić information content (AvgIpc) is 2.59. The van der Waals surface area contributed by atoms with Crippen LogP contribution in [-0.4, -0.2) is 69.8 Å². The fourth-order valence-electron chi connectivity index (χ4n) is 2.63. The van der Waals surface area contributed by atoms with Crippen LogP contribution in [0.4, 0.5) is 0 Å². The molecule has 1 aromatic carbocycles. The van der Waals surface area contributed by atoms with Crippen molar-refractivity contribution in [2.24, 2.45) is 0 Å². The molecule has 1 heterocycles. The molecule has 1 aliphatic heterocycles. The standard InChI is InChI=1S/C16H24N2O4/c1-5-17-6-8-18(9-7-17)16(19)12-10-14(21-3)15(22-4)11-13(12)20-2/h10-11H,5-9H2,1-4H3. The predicted octanol–water partition coefficient (Wildman–Crippen LogP) is 1.49. The van der Waals surface area contributed by atoms with E-state index in [1.165, 1.54) is 0 Å². The van der Waals surface area contributed by atoms with Crippen LogP contribution in [0.15, 0.2) is 12.1 Å². The van der Waals surface area contributed by atoms with Gasteiger partial charge in [0, 0.05) is 38.3 Å². The Labute approximate surface area is 131 Å². The molecule has 6 nitrogen and oxygen atoms in total. The minimum absolute atomic E-state index is 0.0337. The van der Waals surface area contributed by atoms with Gasteiger partial charge in [-0.15, -0.1) is 0 Å². The van der Waals surface area contributed by atoms with E-state index in [9.17, 15) is 4.79 Å². The van der Waals surface area contributed by atoms with Crippen molar-refractivity contribution in [2.45, 2.75) is 6.92 Å². The van der Waals surface area contributed by atoms with Crippen LogP contribution in [0, 0.1) is 0 Å². The number of hydrogen-bond acceptors (Lipinski definition) is 5. The van der Waals surface area contributed by atoms with Crippen LogP contribution >= 0.6 is 0 Å². The van der Waals surface area contributed by atoms with Crippen LogP contribution in [0.1, 0.15) is 17.3 Å². The number of hydrogen-bond donors (Lipinski definition) is 0. The number of benzene rings is 1. The molecule has 0 radical (unpaired) electrons. The highest BCUT2D eigenvalue weighted by atomic mass is 16.5. The zero-order valence-electron chi connectivity index (χ0n) is 13.7. The maximum Gasteiger partial charge on any atom is 0.257 e. The molecule has 0 bridgehead atoms. The molecule has 1 amide bonds. The number of carbonyl (C=O) groups excluding carboxylic acids is 1. The molecule has 1 aliphatic rings. The molecule has 2 rings (SSSR count). The quantitative estimate of drug-likeness (QED) is 0.825. The number of methoxy groups -OCH3 is 3. The van der Waals surface area contributed by atoms with Crippen LogP contribution in [0.25, 0.3) is 0 Å². The maximum absolute atomic E-state index is 12.8. The van der Waals surface area contributed by atoms with E-state index < -0.39 is 0 Å². The number of likely N-dealkylation sites (N-methyl/N-ethyl adjacent to an activating group) is 1. The second-order valence-corrected chi connectivity index (χ2v) is 5.13. The predicted molar refractivity (Wildman–Crippen MR) is 84.1 cm³/mol. The molecule has 6 heteroatoms. The molecule has 0 aliphatic carbocycles. The first-order chi connectivity index (χ1) is 10.6. The third-order valence-corrected chi connectivity index (χ3v) is 4.04. The van der Waals surface area contributed by atoms with E-state index in [0.29, 0.717) is 22.8 Å². The summed E-state index contributed by atoms with van der Waals surface area (Å²) in [5.74, 6) is 1.54. The molecule has 0 saturated carbocycles. The van der Waals surface area contributed by atoms with Gasteiger partial charge in [0.1, 0.15) is 5.75 Å². The number of rotatable bonds is 5. The highest BCUT2D eigenvalue weighted by molar-refractivity contribution is 5.98. The van der Waals surface area contributed by atoms with Crippen molar-refractivity contribution in [1.82, 2.24) is 9.80 Å². The van der Waals surface area contributed by atoms with Crippen molar-refractivity contribution in [1.29, 1.82) is 0 Å². The molecule has 0 unspecified atom stereocenters. The van der Waals surface area contributed by atoms with Crippen molar-refractivity contribution in [3.63, 3.8) is 0 Å². The summed E-state index contributed by atoms with van der Waals surface area (Å²) >= 11 is 0. The zero-order chi connectivity index (χ0) is 16.1. The van der Waals surface area contributed by atoms with Crippen LogP contribution in [0.2, 0.25) is 0 Å². The summed E-state index contributed by atoms with van der Waals surface area (Å²) in [4.78, 5) is 17.0. The second kappa shape index (κ2) is 7.35. The van der Waals surface area contributed by atoms with Crippen LogP contribution in [0.3, 0.4) is 0 Å². The fraction of sp³-hybridized carbons (Fsp3) is 0.562. The Hall–Kier alpha value is -1.95. The van der Waals surface area contributed by atoms with Crippen molar-refractivity contribution < 1.29 is 19.0 Å². The molecule has 0 N–H and O–H groups in total. The van der Waals surface area contributed by atoms with E-state index in [0.717, 1.165) is 32.7 Å². The van der Waals surface area contributed by atoms with Crippen LogP contribution in [0.5, 0.6) is 17.2 Å². The molecular formula is C16H24N2O4. The molecule has 0 atom stereocenters. The number of carbonyl (C=O) groups is 1. The summed E-state index contributed by atoms with van der Waals surface area (Å²) in [6.45, 7) is 6.40. The summed E-state index contributed by atoms with van der Waals surface area (Å²) in [6, 6.07) is 3.38. The fourth-order valence-corrected chi connectivity index (χ4v) is 2.63. The van der Waals surface area contributed by atoms with Gasteiger partial charge in [-0.3, -0.25) is 4.79 Å². The lowest BCUT2D eigenvalue weighted by Crippen LogP contribution is -2.48. The van der Waals surface area contributed by atoms with Crippen LogP contribution < -0.4 is 14.2 Å². The lowest BCUT2D eigenvalue weighted by atomic mass is 10.1. The highest BCUT2D eigenvalue weighted by Crippen LogP contribution is 2.35. The van der Waals surface area contributed by atoms with E-state index in [-0.39, 0.29) is 5.91 Å². The summed E-state index contributed by atoms with van der Waals surface area (Å²) in [6.07, 6.45) is 0. The second-order valence-electron chi connectivity index (χ2n) is 5.13. The smallest absolute Gasteiger partial charge is 0.257 e. The summed E-state index contributed by atoms with van der Waals surface area (Å²) in [5, 5.41) is 0. The monoisotopic (exact) mass is 308 g/mol. The van der Waals surface area contributed by atoms with Gasteiger partial charge in [-0.1, -0.05) is 6.92 Å². The first kappa shape index (κ1) is 16.4. The maximum atomic E-state index is 12.8. The van der Waals surface area contributed by atoms with Gasteiger partial charge in [-0.05, 0) is 6.54 Å². The highest BCUT2D eigenvalue weighted by Gasteiger charge is 2.25. The van der Waals surface area contributed by atoms with Crippen molar-refractivity contribution in [3.05, 3.63) is 17.7 Å². The Bertz CT molecular complexity index is 525. The van der Waals surface area contributed by atoms with Gasteiger partial charge in [0.05, 0.1) is 26.9 Å². The Morgan fingerprint density at radius 2 is 1.50 bits per heavy atom. The van der Waals surface area contributed by atoms with Crippen molar-refractivity contribution in [2.75, 3.05) is 54.1 Å². The number of nitrogens with zero attached hydrogens (tertiary/aromatic N) is 2. The van der Waals surface area contributed by atoms with E-state index >= 15 is 0 Å². The SMILES string of the molecule is CCN1CCN(C(=O)c2cc(OC)c(OC)cc2OC)CC1. The van der Waals surface area contributed by atoms with E-state index in [2.05, 4.69) is 11.8 Å². The summed E-state index contributed by atoms with van der Waals surface area (Å²) in [5.41, 5.74) is 0.505. The summed E-state index contributed by atoms with van der Waals surface area (Å²) < 4.78 is 15.9. The molecule has 22 heavy (non-hydrogen) atoms. The van der Waals surface area contributed by atoms with Gasteiger partial charge >= 0.3 is 0 Å². The lowest BCUT2D eigenvalue weighted by Gasteiger charge is -2.34. The first-order valence-corrected chi connectivity index (χ1v) is 7.46. The Morgan fingerprint density at radius 3 is 2.00 bits per heavy atom. The molecule has 0 spiro atoms. The molecule has 1 saturated heterocycles. The number of piperazine rings is 1. The normalized spacial score (nSPS) is 15.5. The minimum Gasteiger partial charge on any atom is -0.496 e. The van der Waals surface area contributed by atoms with Gasteiger partial charge in [-0.25, -0.2) is 0 Å². The van der Waals surface area contributed by atoms with Gasteiger partial charge in [0.2, 0.25) is 0 Å². The van der Waals surface area contributed by atoms with Gasteiger partial charge in [-0.2, -0.15) is 0 Å². The van der Waals surface area contributed by atoms with Crippen molar-refractivity contribution >= 4 is 5.91 Å². The third kappa shape index (κ3) is 3.27. The minimum atomic E-state index is -0.0337. The molecule has 1 fully saturated rings. The largest absolute Gasteiger partial charge is 0.496 e. The van der Waals surface area contributed by atoms with Gasteiger partial charge in [0.25, 0.3) is 5.91 Å². The van der Waals surface area contributed by atoms with E-state index in [1.54, 1.807) is 33.5 Å². The topological polar surface area (TPSA) is 51.2 Å². The average molecular weight is 308 g/mol. The van der Waals surface area contributed by atoms with Gasteiger partial charge in [0.15, 0.2) is 11.5 Å². The molecule has 0 aromatic heterocycles. The lowest BCUT2D eigenvalue weighted by molar-refractivity contribution is 0.0639. The summed E-state index contributed by atoms with van der Waals surface area (Å²) in [7, 11) is 4.66. The Kier molecular flexibility index (Phi) is 5.49. The number of ether oxygens (including phenoxy) is 3. The molecular weight excluding hydrogens is 284 g/mol. The Morgan fingerprint density at radius 1 is 0.955 bits per heavy atom. The zero-order valence-corrected chi connectivity index (χ0v) is 13.7. The van der Waals surface area contributed by atoms with Crippen LogP contribution in [-0.2, 0) is 0 Å². The number of amides is 1. The van der Waals surface area contributed by atoms with Crippen molar-refractivity contribution in [3.8, 4) is 17.2 Å². The molecule has 122 valence electrons.